The minimum atomic E-state index is -0.978. The van der Waals surface area contributed by atoms with E-state index in [1.165, 1.54) is 0 Å². The van der Waals surface area contributed by atoms with Crippen molar-refractivity contribution in [3.63, 3.8) is 0 Å². The van der Waals surface area contributed by atoms with Crippen LogP contribution < -0.4 is 5.73 Å². The highest BCUT2D eigenvalue weighted by Crippen LogP contribution is 2.61. The first-order valence-corrected chi connectivity index (χ1v) is 10.9. The molecule has 4 aromatic carbocycles. The van der Waals surface area contributed by atoms with E-state index in [2.05, 4.69) is 54.6 Å². The molecular weight excluding hydrogens is 388 g/mol. The molecule has 2 nitrogen and oxygen atoms in total. The summed E-state index contributed by atoms with van der Waals surface area (Å²) in [7, 11) is 0. The summed E-state index contributed by atoms with van der Waals surface area (Å²) in [6, 6.07) is 43.8. The maximum atomic E-state index is 10.8. The third-order valence-corrected chi connectivity index (χ3v) is 6.63. The summed E-state index contributed by atoms with van der Waals surface area (Å²) in [6.45, 7) is 0. The fourth-order valence-corrected chi connectivity index (χ4v) is 5.27. The molecule has 0 fully saturated rings. The molecule has 154 valence electrons. The van der Waals surface area contributed by atoms with Crippen molar-refractivity contribution in [1.82, 2.24) is 0 Å². The molecule has 1 aliphatic carbocycles. The number of hydrogen-bond donors (Lipinski definition) is 1. The number of allylic oxidation sites excluding steroid dienone is 2. The SMILES string of the molecule is N#CC1(c2ccccc2)C(N)=C(c2ccccc2)C(c2ccccc2)C1c1ccccc1. The highest BCUT2D eigenvalue weighted by atomic mass is 14.7. The van der Waals surface area contributed by atoms with Gasteiger partial charge in [-0.2, -0.15) is 5.26 Å². The van der Waals surface area contributed by atoms with Gasteiger partial charge in [-0.1, -0.05) is 121 Å². The lowest BCUT2D eigenvalue weighted by Crippen LogP contribution is -2.35. The molecule has 0 aliphatic heterocycles. The van der Waals surface area contributed by atoms with E-state index in [-0.39, 0.29) is 11.8 Å². The van der Waals surface area contributed by atoms with Crippen molar-refractivity contribution in [1.29, 1.82) is 5.26 Å². The van der Waals surface area contributed by atoms with Gasteiger partial charge in [0.1, 0.15) is 5.41 Å². The van der Waals surface area contributed by atoms with Gasteiger partial charge in [0.15, 0.2) is 0 Å². The van der Waals surface area contributed by atoms with Gasteiger partial charge in [0.05, 0.1) is 6.07 Å². The number of nitrogens with zero attached hydrogens (tertiary/aromatic N) is 1. The van der Waals surface area contributed by atoms with Gasteiger partial charge in [0.25, 0.3) is 0 Å². The van der Waals surface area contributed by atoms with Gasteiger partial charge in [-0.15, -0.1) is 0 Å². The van der Waals surface area contributed by atoms with E-state index in [4.69, 9.17) is 5.73 Å². The lowest BCUT2D eigenvalue weighted by atomic mass is 9.65. The molecule has 3 unspecified atom stereocenters. The van der Waals surface area contributed by atoms with Crippen LogP contribution in [-0.4, -0.2) is 0 Å². The lowest BCUT2D eigenvalue weighted by Gasteiger charge is -2.34. The van der Waals surface area contributed by atoms with Gasteiger partial charge < -0.3 is 5.73 Å². The second kappa shape index (κ2) is 8.21. The van der Waals surface area contributed by atoms with Crippen LogP contribution in [0.15, 0.2) is 127 Å². The summed E-state index contributed by atoms with van der Waals surface area (Å²) in [5.41, 5.74) is 12.0. The number of nitriles is 1. The zero-order chi connectivity index (χ0) is 22.0. The second-order valence-electron chi connectivity index (χ2n) is 8.26. The van der Waals surface area contributed by atoms with E-state index >= 15 is 0 Å². The first kappa shape index (κ1) is 19.8. The van der Waals surface area contributed by atoms with Gasteiger partial charge in [0, 0.05) is 17.5 Å². The average molecular weight is 413 g/mol. The minimum Gasteiger partial charge on any atom is -0.400 e. The Morgan fingerprint density at radius 1 is 0.625 bits per heavy atom. The van der Waals surface area contributed by atoms with Crippen LogP contribution in [0, 0.1) is 11.3 Å². The minimum absolute atomic E-state index is 0.0548. The molecule has 2 N–H and O–H groups in total. The predicted octanol–water partition coefficient (Wildman–Crippen LogP) is 6.40. The van der Waals surface area contributed by atoms with Crippen LogP contribution in [0.3, 0.4) is 0 Å². The molecule has 4 aromatic rings. The molecule has 0 radical (unpaired) electrons. The third-order valence-electron chi connectivity index (χ3n) is 6.63. The molecule has 0 heterocycles. The summed E-state index contributed by atoms with van der Waals surface area (Å²) in [4.78, 5) is 0. The Morgan fingerprint density at radius 2 is 1.09 bits per heavy atom. The van der Waals surface area contributed by atoms with Crippen LogP contribution >= 0.6 is 0 Å². The fraction of sp³-hybridized carbons (Fsp3) is 0.100. The molecule has 0 saturated carbocycles. The zero-order valence-corrected chi connectivity index (χ0v) is 17.7. The van der Waals surface area contributed by atoms with Crippen molar-refractivity contribution in [2.75, 3.05) is 0 Å². The smallest absolute Gasteiger partial charge is 0.129 e. The highest BCUT2D eigenvalue weighted by molar-refractivity contribution is 5.83. The molecule has 2 heteroatoms. The van der Waals surface area contributed by atoms with Crippen molar-refractivity contribution >= 4 is 5.57 Å². The predicted molar refractivity (Wildman–Crippen MR) is 130 cm³/mol. The maximum Gasteiger partial charge on any atom is 0.129 e. The molecule has 5 rings (SSSR count). The molecule has 0 amide bonds. The lowest BCUT2D eigenvalue weighted by molar-refractivity contribution is 0.499. The van der Waals surface area contributed by atoms with Gasteiger partial charge in [0.2, 0.25) is 0 Å². The van der Waals surface area contributed by atoms with Crippen LogP contribution in [0.25, 0.3) is 5.57 Å². The van der Waals surface area contributed by atoms with Crippen molar-refractivity contribution in [3.05, 3.63) is 149 Å². The summed E-state index contributed by atoms with van der Waals surface area (Å²) < 4.78 is 0. The van der Waals surface area contributed by atoms with Gasteiger partial charge >= 0.3 is 0 Å². The molecule has 0 aromatic heterocycles. The molecule has 0 saturated heterocycles. The van der Waals surface area contributed by atoms with Crippen molar-refractivity contribution < 1.29 is 0 Å². The Bertz CT molecular complexity index is 1270. The van der Waals surface area contributed by atoms with Crippen LogP contribution in [0.2, 0.25) is 0 Å². The highest BCUT2D eigenvalue weighted by Gasteiger charge is 2.55. The van der Waals surface area contributed by atoms with E-state index in [1.807, 2.05) is 72.8 Å². The average Bonchev–Trinajstić information content (AvgIpc) is 3.15. The molecule has 1 aliphatic rings. The molecule has 0 spiro atoms. The number of benzene rings is 4. The van der Waals surface area contributed by atoms with E-state index in [0.29, 0.717) is 5.70 Å². The Balaban J connectivity index is 1.88. The van der Waals surface area contributed by atoms with E-state index < -0.39 is 5.41 Å². The van der Waals surface area contributed by atoms with Crippen LogP contribution in [0.1, 0.15) is 34.1 Å². The first-order valence-electron chi connectivity index (χ1n) is 10.9. The van der Waals surface area contributed by atoms with Crippen molar-refractivity contribution in [2.45, 2.75) is 17.3 Å². The van der Waals surface area contributed by atoms with Gasteiger partial charge in [-0.05, 0) is 27.8 Å². The summed E-state index contributed by atoms with van der Waals surface area (Å²) >= 11 is 0. The second-order valence-corrected chi connectivity index (χ2v) is 8.26. The van der Waals surface area contributed by atoms with Gasteiger partial charge in [-0.3, -0.25) is 0 Å². The normalized spacial score (nSPS) is 22.5. The Morgan fingerprint density at radius 3 is 1.62 bits per heavy atom. The molecular formula is C30H24N2. The summed E-state index contributed by atoms with van der Waals surface area (Å²) in [5, 5.41) is 10.8. The molecule has 32 heavy (non-hydrogen) atoms. The first-order chi connectivity index (χ1) is 15.8. The fourth-order valence-electron chi connectivity index (χ4n) is 5.27. The van der Waals surface area contributed by atoms with Crippen LogP contribution in [0.4, 0.5) is 0 Å². The quantitative estimate of drug-likeness (QED) is 0.422. The van der Waals surface area contributed by atoms with Crippen molar-refractivity contribution in [2.24, 2.45) is 5.73 Å². The van der Waals surface area contributed by atoms with Crippen LogP contribution in [0.5, 0.6) is 0 Å². The molecule has 3 atom stereocenters. The zero-order valence-electron chi connectivity index (χ0n) is 17.7. The molecule has 0 bridgehead atoms. The largest absolute Gasteiger partial charge is 0.400 e. The monoisotopic (exact) mass is 412 g/mol. The van der Waals surface area contributed by atoms with Crippen molar-refractivity contribution in [3.8, 4) is 6.07 Å². The number of hydrogen-bond acceptors (Lipinski definition) is 2. The Labute approximate surface area is 189 Å². The number of nitrogens with two attached hydrogens (primary N) is 1. The summed E-state index contributed by atoms with van der Waals surface area (Å²) in [6.07, 6.45) is 0. The van der Waals surface area contributed by atoms with E-state index in [0.717, 1.165) is 27.8 Å². The van der Waals surface area contributed by atoms with E-state index in [9.17, 15) is 5.26 Å². The Kier molecular flexibility index (Phi) is 5.09. The summed E-state index contributed by atoms with van der Waals surface area (Å²) in [5.74, 6) is -0.213. The number of rotatable bonds is 4. The Hall–Kier alpha value is -4.09. The standard InChI is InChI=1S/C30H24N2/c31-21-30(25-19-11-4-12-20-25)28(24-17-9-3-10-18-24)26(22-13-5-1-6-14-22)27(29(30)32)23-15-7-2-8-16-23/h1-20,26,28H,32H2. The third kappa shape index (κ3) is 3.02. The van der Waals surface area contributed by atoms with Crippen LogP contribution in [-0.2, 0) is 5.41 Å². The van der Waals surface area contributed by atoms with Gasteiger partial charge in [-0.25, -0.2) is 0 Å². The topological polar surface area (TPSA) is 49.8 Å². The van der Waals surface area contributed by atoms with E-state index in [1.54, 1.807) is 0 Å². The maximum absolute atomic E-state index is 10.8.